The van der Waals surface area contributed by atoms with Crippen LogP contribution in [0.3, 0.4) is 0 Å². The normalized spacial score (nSPS) is 12.0. The standard InChI is InChI=1S/C26H22N4O4/c1-34-18-9-6-16(7-10-18)21(22-14-27-24-5-3-2-4-19(22)24)13-29-26(31)23-15-28-25-11-8-17(30(32)33)12-20(23)25/h2-12,14-15,21,27-28H,13H2,1H3,(H,29,31). The second-order valence-corrected chi connectivity index (χ2v) is 8.01. The van der Waals surface area contributed by atoms with E-state index >= 15 is 0 Å². The van der Waals surface area contributed by atoms with Gasteiger partial charge in [0.05, 0.1) is 17.6 Å². The molecule has 0 spiro atoms. The number of hydrogen-bond donors (Lipinski definition) is 3. The maximum atomic E-state index is 13.1. The molecule has 0 bridgehead atoms. The lowest BCUT2D eigenvalue weighted by Gasteiger charge is -2.18. The molecule has 8 nitrogen and oxygen atoms in total. The summed E-state index contributed by atoms with van der Waals surface area (Å²) in [6.07, 6.45) is 3.55. The van der Waals surface area contributed by atoms with E-state index < -0.39 is 4.92 Å². The number of para-hydroxylation sites is 1. The molecule has 1 amide bonds. The van der Waals surface area contributed by atoms with E-state index in [2.05, 4.69) is 21.4 Å². The van der Waals surface area contributed by atoms with Crippen LogP contribution in [-0.2, 0) is 0 Å². The van der Waals surface area contributed by atoms with E-state index in [0.717, 1.165) is 27.8 Å². The average molecular weight is 454 g/mol. The van der Waals surface area contributed by atoms with Gasteiger partial charge >= 0.3 is 0 Å². The zero-order valence-electron chi connectivity index (χ0n) is 18.4. The number of ether oxygens (including phenoxy) is 1. The van der Waals surface area contributed by atoms with Gasteiger partial charge in [0, 0.05) is 58.8 Å². The Balaban J connectivity index is 1.47. The summed E-state index contributed by atoms with van der Waals surface area (Å²) in [5.74, 6) is 0.335. The molecule has 5 rings (SSSR count). The molecular weight excluding hydrogens is 432 g/mol. The molecule has 5 aromatic rings. The van der Waals surface area contributed by atoms with Crippen molar-refractivity contribution in [1.82, 2.24) is 15.3 Å². The highest BCUT2D eigenvalue weighted by atomic mass is 16.6. The Labute approximate surface area is 194 Å². The lowest BCUT2D eigenvalue weighted by molar-refractivity contribution is -0.384. The van der Waals surface area contributed by atoms with E-state index in [0.29, 0.717) is 23.0 Å². The Morgan fingerprint density at radius 2 is 1.74 bits per heavy atom. The minimum Gasteiger partial charge on any atom is -0.497 e. The number of nitrogens with one attached hydrogen (secondary N) is 3. The zero-order chi connectivity index (χ0) is 23.7. The first-order chi connectivity index (χ1) is 16.5. The van der Waals surface area contributed by atoms with Crippen LogP contribution in [0.1, 0.15) is 27.4 Å². The Hall–Kier alpha value is -4.59. The van der Waals surface area contributed by atoms with Gasteiger partial charge in [-0.05, 0) is 35.4 Å². The van der Waals surface area contributed by atoms with E-state index in [9.17, 15) is 14.9 Å². The van der Waals surface area contributed by atoms with Gasteiger partial charge in [-0.15, -0.1) is 0 Å². The number of benzene rings is 3. The smallest absolute Gasteiger partial charge is 0.270 e. The largest absolute Gasteiger partial charge is 0.497 e. The highest BCUT2D eigenvalue weighted by Gasteiger charge is 2.21. The SMILES string of the molecule is COc1ccc(C(CNC(=O)c2c[nH]c3ccc([N+](=O)[O-])cc23)c2c[nH]c3ccccc23)cc1. The van der Waals surface area contributed by atoms with Crippen molar-refractivity contribution in [3.8, 4) is 5.75 Å². The van der Waals surface area contributed by atoms with Gasteiger partial charge < -0.3 is 20.0 Å². The molecule has 2 heterocycles. The molecule has 0 aliphatic heterocycles. The highest BCUT2D eigenvalue weighted by molar-refractivity contribution is 6.07. The number of aromatic nitrogens is 2. The summed E-state index contributed by atoms with van der Waals surface area (Å²) in [5.41, 5.74) is 4.09. The molecule has 3 aromatic carbocycles. The monoisotopic (exact) mass is 454 g/mol. The molecule has 0 radical (unpaired) electrons. The maximum Gasteiger partial charge on any atom is 0.270 e. The zero-order valence-corrected chi connectivity index (χ0v) is 18.4. The van der Waals surface area contributed by atoms with Crippen LogP contribution in [0.2, 0.25) is 0 Å². The molecule has 34 heavy (non-hydrogen) atoms. The highest BCUT2D eigenvalue weighted by Crippen LogP contribution is 2.32. The van der Waals surface area contributed by atoms with Crippen molar-refractivity contribution >= 4 is 33.4 Å². The topological polar surface area (TPSA) is 113 Å². The van der Waals surface area contributed by atoms with Gasteiger partial charge in [0.1, 0.15) is 5.75 Å². The Morgan fingerprint density at radius 1 is 1.00 bits per heavy atom. The van der Waals surface area contributed by atoms with Crippen LogP contribution in [0.4, 0.5) is 5.69 Å². The summed E-state index contributed by atoms with van der Waals surface area (Å²) >= 11 is 0. The molecule has 0 saturated carbocycles. The number of non-ortho nitro benzene ring substituents is 1. The first-order valence-electron chi connectivity index (χ1n) is 10.8. The van der Waals surface area contributed by atoms with E-state index in [-0.39, 0.29) is 17.5 Å². The third-order valence-corrected chi connectivity index (χ3v) is 6.10. The lowest BCUT2D eigenvalue weighted by Crippen LogP contribution is -2.28. The number of rotatable bonds is 7. The first-order valence-corrected chi connectivity index (χ1v) is 10.8. The molecule has 0 fully saturated rings. The van der Waals surface area contributed by atoms with Crippen molar-refractivity contribution in [2.75, 3.05) is 13.7 Å². The Bertz CT molecular complexity index is 1500. The van der Waals surface area contributed by atoms with Gasteiger partial charge in [0.2, 0.25) is 0 Å². The van der Waals surface area contributed by atoms with Crippen molar-refractivity contribution in [2.24, 2.45) is 0 Å². The number of carbonyl (C=O) groups excluding carboxylic acids is 1. The third kappa shape index (κ3) is 3.86. The van der Waals surface area contributed by atoms with Crippen molar-refractivity contribution in [2.45, 2.75) is 5.92 Å². The van der Waals surface area contributed by atoms with Crippen LogP contribution in [0.25, 0.3) is 21.8 Å². The average Bonchev–Trinajstić information content (AvgIpc) is 3.48. The number of amides is 1. The van der Waals surface area contributed by atoms with Crippen molar-refractivity contribution < 1.29 is 14.5 Å². The number of fused-ring (bicyclic) bond motifs is 2. The molecule has 8 heteroatoms. The number of nitro benzene ring substituents is 1. The van der Waals surface area contributed by atoms with Crippen LogP contribution in [0.5, 0.6) is 5.75 Å². The fourth-order valence-electron chi connectivity index (χ4n) is 4.33. The summed E-state index contributed by atoms with van der Waals surface area (Å²) in [5, 5.41) is 15.8. The van der Waals surface area contributed by atoms with Crippen molar-refractivity contribution in [3.05, 3.63) is 106 Å². The van der Waals surface area contributed by atoms with E-state index in [4.69, 9.17) is 4.74 Å². The third-order valence-electron chi connectivity index (χ3n) is 6.10. The number of nitro groups is 1. The minimum absolute atomic E-state index is 0.0592. The van der Waals surface area contributed by atoms with Crippen molar-refractivity contribution in [3.63, 3.8) is 0 Å². The van der Waals surface area contributed by atoms with Gasteiger partial charge in [-0.25, -0.2) is 0 Å². The molecule has 2 aromatic heterocycles. The predicted molar refractivity (Wildman–Crippen MR) is 130 cm³/mol. The Kier molecular flexibility index (Phi) is 5.47. The molecule has 0 saturated heterocycles. The van der Waals surface area contributed by atoms with Gasteiger partial charge in [-0.2, -0.15) is 0 Å². The molecular formula is C26H22N4O4. The van der Waals surface area contributed by atoms with E-state index in [1.54, 1.807) is 19.4 Å². The lowest BCUT2D eigenvalue weighted by atomic mass is 9.90. The van der Waals surface area contributed by atoms with Crippen molar-refractivity contribution in [1.29, 1.82) is 0 Å². The molecule has 170 valence electrons. The molecule has 1 unspecified atom stereocenters. The van der Waals surface area contributed by atoms with Crippen LogP contribution in [0, 0.1) is 10.1 Å². The molecule has 0 aliphatic rings. The number of aromatic amines is 2. The number of nitrogens with zero attached hydrogens (tertiary/aromatic N) is 1. The fraction of sp³-hybridized carbons (Fsp3) is 0.115. The molecule has 1 atom stereocenters. The van der Waals surface area contributed by atoms with Crippen LogP contribution in [0.15, 0.2) is 79.1 Å². The summed E-state index contributed by atoms with van der Waals surface area (Å²) in [7, 11) is 1.62. The van der Waals surface area contributed by atoms with E-state index in [1.165, 1.54) is 12.1 Å². The number of H-pyrrole nitrogens is 2. The van der Waals surface area contributed by atoms with Crippen LogP contribution < -0.4 is 10.1 Å². The summed E-state index contributed by atoms with van der Waals surface area (Å²) < 4.78 is 5.30. The van der Waals surface area contributed by atoms with Crippen LogP contribution >= 0.6 is 0 Å². The minimum atomic E-state index is -0.467. The van der Waals surface area contributed by atoms with Gasteiger partial charge in [0.25, 0.3) is 11.6 Å². The van der Waals surface area contributed by atoms with E-state index in [1.807, 2.05) is 48.7 Å². The number of methoxy groups -OCH3 is 1. The number of carbonyl (C=O) groups is 1. The van der Waals surface area contributed by atoms with Crippen LogP contribution in [-0.4, -0.2) is 34.5 Å². The summed E-state index contributed by atoms with van der Waals surface area (Å²) in [6, 6.07) is 20.3. The second kappa shape index (κ2) is 8.74. The maximum absolute atomic E-state index is 13.1. The van der Waals surface area contributed by atoms with Gasteiger partial charge in [0.15, 0.2) is 0 Å². The van der Waals surface area contributed by atoms with Gasteiger partial charge in [-0.3, -0.25) is 14.9 Å². The predicted octanol–water partition coefficient (Wildman–Crippen LogP) is 5.13. The first kappa shape index (κ1) is 21.3. The summed E-state index contributed by atoms with van der Waals surface area (Å²) in [4.78, 5) is 30.2. The molecule has 0 aliphatic carbocycles. The summed E-state index contributed by atoms with van der Waals surface area (Å²) in [6.45, 7) is 0.342. The van der Waals surface area contributed by atoms with Gasteiger partial charge in [-0.1, -0.05) is 30.3 Å². The molecule has 3 N–H and O–H groups in total. The second-order valence-electron chi connectivity index (χ2n) is 8.01. The quantitative estimate of drug-likeness (QED) is 0.234. The fourth-order valence-corrected chi connectivity index (χ4v) is 4.33. The Morgan fingerprint density at radius 3 is 2.50 bits per heavy atom. The number of hydrogen-bond acceptors (Lipinski definition) is 4.